The van der Waals surface area contributed by atoms with Gasteiger partial charge in [0.1, 0.15) is 13.2 Å². The summed E-state index contributed by atoms with van der Waals surface area (Å²) in [6.45, 7) is 14.9. The molecule has 294 valence electrons. The number of allylic oxidation sites excluding steroid dienone is 4. The number of ether oxygens (including phenoxy) is 2. The molecule has 1 unspecified atom stereocenters. The largest absolute Gasteiger partial charge is 0.461 e. The number of unbranched alkanes of at least 4 members (excludes halogenated alkanes) is 22. The van der Waals surface area contributed by atoms with E-state index in [0.29, 0.717) is 19.4 Å². The van der Waals surface area contributed by atoms with Crippen LogP contribution >= 0.6 is 0 Å². The molecule has 5 heteroatoms. The van der Waals surface area contributed by atoms with Crippen LogP contribution in [-0.2, 0) is 19.1 Å². The fourth-order valence-electron chi connectivity index (χ4n) is 6.80. The molecule has 0 N–H and O–H groups in total. The highest BCUT2D eigenvalue weighted by Gasteiger charge is 2.29. The minimum Gasteiger partial charge on any atom is -0.461 e. The van der Waals surface area contributed by atoms with Crippen LogP contribution in [0.5, 0.6) is 0 Å². The fraction of sp³-hybridized carbons (Fsp3) is 0.867. The highest BCUT2D eigenvalue weighted by Crippen LogP contribution is 2.15. The van der Waals surface area contributed by atoms with Crippen molar-refractivity contribution in [3.8, 4) is 0 Å². The Morgan fingerprint density at radius 2 is 0.800 bits per heavy atom. The highest BCUT2D eigenvalue weighted by molar-refractivity contribution is 5.70. The Bertz CT molecular complexity index is 795. The van der Waals surface area contributed by atoms with Crippen LogP contribution < -0.4 is 0 Å². The van der Waals surface area contributed by atoms with Crippen LogP contribution in [0, 0.1) is 0 Å². The molecular weight excluding hydrogens is 618 g/mol. The maximum atomic E-state index is 12.8. The fourth-order valence-corrected chi connectivity index (χ4v) is 6.80. The molecule has 0 heterocycles. The molecule has 0 saturated carbocycles. The third-order valence-electron chi connectivity index (χ3n) is 10.6. The molecule has 0 spiro atoms. The van der Waals surface area contributed by atoms with Gasteiger partial charge in [0.15, 0.2) is 6.10 Å². The number of quaternary nitrogens is 1. The molecule has 0 aromatic heterocycles. The van der Waals surface area contributed by atoms with Crippen molar-refractivity contribution in [1.29, 1.82) is 0 Å². The monoisotopic (exact) mass is 705 g/mol. The molecular formula is C45H86NO4+. The molecule has 0 radical (unpaired) electrons. The van der Waals surface area contributed by atoms with Crippen LogP contribution in [0.4, 0.5) is 0 Å². The number of carbonyl (C=O) groups excluding carboxylic acids is 2. The summed E-state index contributed by atoms with van der Waals surface area (Å²) in [5.41, 5.74) is 0. The van der Waals surface area contributed by atoms with Crippen molar-refractivity contribution >= 4 is 11.9 Å². The Balaban J connectivity index is 4.19. The Labute approximate surface area is 312 Å². The summed E-state index contributed by atoms with van der Waals surface area (Å²) in [7, 11) is 0. The lowest BCUT2D eigenvalue weighted by Gasteiger charge is -2.38. The number of nitrogens with zero attached hydrogens (tertiary/aromatic N) is 1. The summed E-state index contributed by atoms with van der Waals surface area (Å²) in [5, 5.41) is 0. The Kier molecular flexibility index (Phi) is 35.9. The van der Waals surface area contributed by atoms with E-state index in [1.54, 1.807) is 0 Å². The SMILES string of the molecule is CCCCCCCC/C=C\CCCCCCCC(=O)OCC(C[N+](CC)(CC)CC)OC(=O)CCCCCCC/C=C\CCCCCCCC. The van der Waals surface area contributed by atoms with Crippen LogP contribution in [0.3, 0.4) is 0 Å². The van der Waals surface area contributed by atoms with Crippen molar-refractivity contribution in [3.63, 3.8) is 0 Å². The minimum absolute atomic E-state index is 0.151. The molecule has 0 aliphatic heterocycles. The number of esters is 2. The average molecular weight is 705 g/mol. The van der Waals surface area contributed by atoms with Crippen LogP contribution in [0.1, 0.15) is 214 Å². The first kappa shape index (κ1) is 48.4. The second-order valence-corrected chi connectivity index (χ2v) is 14.9. The van der Waals surface area contributed by atoms with Crippen molar-refractivity contribution in [2.45, 2.75) is 221 Å². The molecule has 0 saturated heterocycles. The topological polar surface area (TPSA) is 52.6 Å². The van der Waals surface area contributed by atoms with Gasteiger partial charge in [0.2, 0.25) is 0 Å². The lowest BCUT2D eigenvalue weighted by atomic mass is 10.1. The molecule has 0 aromatic carbocycles. The van der Waals surface area contributed by atoms with Crippen molar-refractivity contribution in [1.82, 2.24) is 0 Å². The minimum atomic E-state index is -0.386. The predicted molar refractivity (Wildman–Crippen MR) is 216 cm³/mol. The first-order valence-corrected chi connectivity index (χ1v) is 22.0. The van der Waals surface area contributed by atoms with Gasteiger partial charge < -0.3 is 14.0 Å². The van der Waals surface area contributed by atoms with Gasteiger partial charge in [-0.1, -0.05) is 141 Å². The van der Waals surface area contributed by atoms with E-state index in [-0.39, 0.29) is 24.6 Å². The van der Waals surface area contributed by atoms with Gasteiger partial charge in [-0.15, -0.1) is 0 Å². The quantitative estimate of drug-likeness (QED) is 0.0278. The van der Waals surface area contributed by atoms with Gasteiger partial charge >= 0.3 is 11.9 Å². The molecule has 0 bridgehead atoms. The molecule has 0 fully saturated rings. The number of likely N-dealkylation sites (N-methyl/N-ethyl adjacent to an activating group) is 1. The molecule has 5 nitrogen and oxygen atoms in total. The maximum Gasteiger partial charge on any atom is 0.306 e. The summed E-state index contributed by atoms with van der Waals surface area (Å²) in [6.07, 6.45) is 42.2. The van der Waals surface area contributed by atoms with E-state index in [0.717, 1.165) is 56.2 Å². The van der Waals surface area contributed by atoms with Gasteiger partial charge in [0, 0.05) is 12.8 Å². The second kappa shape index (κ2) is 37.1. The number of rotatable bonds is 38. The molecule has 50 heavy (non-hydrogen) atoms. The molecule has 0 amide bonds. The van der Waals surface area contributed by atoms with Crippen LogP contribution in [-0.4, -0.2) is 55.3 Å². The molecule has 0 aliphatic rings. The van der Waals surface area contributed by atoms with Gasteiger partial charge in [0.25, 0.3) is 0 Å². The van der Waals surface area contributed by atoms with E-state index in [1.807, 2.05) is 0 Å². The molecule has 1 atom stereocenters. The van der Waals surface area contributed by atoms with Gasteiger partial charge in [0.05, 0.1) is 19.6 Å². The Morgan fingerprint density at radius 1 is 0.460 bits per heavy atom. The predicted octanol–water partition coefficient (Wildman–Crippen LogP) is 13.4. The third-order valence-corrected chi connectivity index (χ3v) is 10.6. The molecule has 0 aliphatic carbocycles. The Hall–Kier alpha value is -1.62. The standard InChI is InChI=1S/C45H86NO4/c1-6-11-13-15-17-19-21-23-25-27-29-31-33-35-37-39-44(47)49-42-43(41-46(8-3,9-4)10-5)50-45(48)40-38-36-34-32-30-28-26-24-22-20-18-16-14-12-7-2/h23-26,43H,6-22,27-42H2,1-5H3/q+1/b25-23-,26-24-. The van der Waals surface area contributed by atoms with Gasteiger partial charge in [-0.2, -0.15) is 0 Å². The van der Waals surface area contributed by atoms with Crippen LogP contribution in [0.15, 0.2) is 24.3 Å². The zero-order chi connectivity index (χ0) is 36.8. The zero-order valence-corrected chi connectivity index (χ0v) is 34.3. The van der Waals surface area contributed by atoms with E-state index < -0.39 is 0 Å². The van der Waals surface area contributed by atoms with E-state index in [9.17, 15) is 9.59 Å². The average Bonchev–Trinajstić information content (AvgIpc) is 3.12. The van der Waals surface area contributed by atoms with E-state index in [2.05, 4.69) is 58.9 Å². The second-order valence-electron chi connectivity index (χ2n) is 14.9. The maximum absolute atomic E-state index is 12.8. The van der Waals surface area contributed by atoms with Crippen molar-refractivity contribution in [2.75, 3.05) is 32.8 Å². The first-order valence-electron chi connectivity index (χ1n) is 22.0. The van der Waals surface area contributed by atoms with Crippen molar-refractivity contribution in [2.24, 2.45) is 0 Å². The van der Waals surface area contributed by atoms with Crippen LogP contribution in [0.25, 0.3) is 0 Å². The van der Waals surface area contributed by atoms with E-state index >= 15 is 0 Å². The molecule has 0 rings (SSSR count). The van der Waals surface area contributed by atoms with E-state index in [1.165, 1.54) is 135 Å². The van der Waals surface area contributed by atoms with Gasteiger partial charge in [-0.3, -0.25) is 9.59 Å². The van der Waals surface area contributed by atoms with Crippen molar-refractivity contribution in [3.05, 3.63) is 24.3 Å². The van der Waals surface area contributed by atoms with Gasteiger partial charge in [-0.25, -0.2) is 0 Å². The highest BCUT2D eigenvalue weighted by atomic mass is 16.6. The number of hydrogen-bond acceptors (Lipinski definition) is 4. The summed E-state index contributed by atoms with van der Waals surface area (Å²) in [4.78, 5) is 25.4. The van der Waals surface area contributed by atoms with E-state index in [4.69, 9.17) is 9.47 Å². The van der Waals surface area contributed by atoms with Crippen molar-refractivity contribution < 1.29 is 23.5 Å². The lowest BCUT2D eigenvalue weighted by molar-refractivity contribution is -0.925. The summed E-state index contributed by atoms with van der Waals surface area (Å²) >= 11 is 0. The smallest absolute Gasteiger partial charge is 0.306 e. The normalized spacial score (nSPS) is 12.7. The summed E-state index contributed by atoms with van der Waals surface area (Å²) < 4.78 is 12.5. The first-order chi connectivity index (χ1) is 24.5. The summed E-state index contributed by atoms with van der Waals surface area (Å²) in [5.74, 6) is -0.314. The Morgan fingerprint density at radius 3 is 1.18 bits per heavy atom. The van der Waals surface area contributed by atoms with Crippen LogP contribution in [0.2, 0.25) is 0 Å². The van der Waals surface area contributed by atoms with Gasteiger partial charge in [-0.05, 0) is 85.0 Å². The number of carbonyl (C=O) groups is 2. The lowest BCUT2D eigenvalue weighted by Crippen LogP contribution is -2.53. The zero-order valence-electron chi connectivity index (χ0n) is 34.3. The summed E-state index contributed by atoms with van der Waals surface area (Å²) in [6, 6.07) is 0. The number of hydrogen-bond donors (Lipinski definition) is 0. The molecule has 0 aromatic rings. The third kappa shape index (κ3) is 31.1.